The first-order valence-electron chi connectivity index (χ1n) is 6.91. The molecule has 0 radical (unpaired) electrons. The molecule has 1 atom stereocenters. The number of hydrogen-bond acceptors (Lipinski definition) is 2. The summed E-state index contributed by atoms with van der Waals surface area (Å²) in [7, 11) is 0. The molecule has 24 heavy (non-hydrogen) atoms. The summed E-state index contributed by atoms with van der Waals surface area (Å²) < 4.78 is 65.8. The molecule has 8 heteroatoms. The van der Waals surface area contributed by atoms with Gasteiger partial charge in [-0.15, -0.1) is 0 Å². The fourth-order valence-electron chi connectivity index (χ4n) is 2.06. The second kappa shape index (κ2) is 7.29. The second-order valence-corrected chi connectivity index (χ2v) is 5.03. The lowest BCUT2D eigenvalue weighted by atomic mass is 10.1. The largest absolute Gasteiger partial charge is 0.374 e. The molecule has 0 bridgehead atoms. The first kappa shape index (κ1) is 17.7. The predicted octanol–water partition coefficient (Wildman–Crippen LogP) is 3.67. The van der Waals surface area contributed by atoms with E-state index in [4.69, 9.17) is 0 Å². The smallest absolute Gasteiger partial charge is 0.239 e. The molecule has 0 saturated heterocycles. The molecule has 0 aromatic heterocycles. The highest BCUT2D eigenvalue weighted by atomic mass is 19.2. The quantitative estimate of drug-likeness (QED) is 0.642. The third-order valence-electron chi connectivity index (χ3n) is 3.28. The zero-order valence-electron chi connectivity index (χ0n) is 12.5. The molecule has 2 rings (SSSR count). The van der Waals surface area contributed by atoms with E-state index in [-0.39, 0.29) is 11.3 Å². The summed E-state index contributed by atoms with van der Waals surface area (Å²) in [5.74, 6) is -6.64. The van der Waals surface area contributed by atoms with Gasteiger partial charge >= 0.3 is 0 Å². The van der Waals surface area contributed by atoms with E-state index < -0.39 is 47.6 Å². The Labute approximate surface area is 134 Å². The van der Waals surface area contributed by atoms with Gasteiger partial charge in [-0.05, 0) is 25.1 Å². The lowest BCUT2D eigenvalue weighted by Gasteiger charge is -2.16. The molecule has 0 spiro atoms. The van der Waals surface area contributed by atoms with E-state index in [1.165, 1.54) is 13.0 Å². The molecule has 0 aliphatic heterocycles. The maximum absolute atomic E-state index is 13.6. The van der Waals surface area contributed by atoms with Crippen molar-refractivity contribution < 1.29 is 26.7 Å². The summed E-state index contributed by atoms with van der Waals surface area (Å²) in [6.45, 7) is 1.03. The molecule has 0 aliphatic rings. The van der Waals surface area contributed by atoms with E-state index in [0.717, 1.165) is 18.2 Å². The van der Waals surface area contributed by atoms with Crippen LogP contribution in [-0.4, -0.2) is 12.5 Å². The third-order valence-corrected chi connectivity index (χ3v) is 3.28. The molecule has 0 unspecified atom stereocenters. The first-order chi connectivity index (χ1) is 11.3. The molecular formula is C16H13F5N2O. The average Bonchev–Trinajstić information content (AvgIpc) is 2.51. The van der Waals surface area contributed by atoms with Gasteiger partial charge in [0.15, 0.2) is 17.5 Å². The Hall–Kier alpha value is -2.64. The van der Waals surface area contributed by atoms with Crippen LogP contribution in [0.1, 0.15) is 18.5 Å². The lowest BCUT2D eigenvalue weighted by molar-refractivity contribution is -0.120. The summed E-state index contributed by atoms with van der Waals surface area (Å²) in [6, 6.07) is 3.83. The standard InChI is InChI=1S/C16H13F5N2O/c1-8(10-3-2-9(17)6-12(10)19)23-14(24)7-22-13-5-4-11(18)15(20)16(13)21/h2-6,8,22H,7H2,1H3,(H,23,24)/t8-/m0/s1. The Bertz CT molecular complexity index is 766. The van der Waals surface area contributed by atoms with Crippen LogP contribution in [0.15, 0.2) is 30.3 Å². The van der Waals surface area contributed by atoms with E-state index in [1.807, 2.05) is 0 Å². The van der Waals surface area contributed by atoms with Gasteiger partial charge in [0.1, 0.15) is 11.6 Å². The van der Waals surface area contributed by atoms with Gasteiger partial charge in [-0.25, -0.2) is 22.0 Å². The van der Waals surface area contributed by atoms with Gasteiger partial charge in [0.25, 0.3) is 0 Å². The van der Waals surface area contributed by atoms with Crippen molar-refractivity contribution in [2.24, 2.45) is 0 Å². The highest BCUT2D eigenvalue weighted by Gasteiger charge is 2.16. The van der Waals surface area contributed by atoms with Crippen molar-refractivity contribution in [1.82, 2.24) is 5.32 Å². The van der Waals surface area contributed by atoms with E-state index in [1.54, 1.807) is 0 Å². The molecule has 0 fully saturated rings. The lowest BCUT2D eigenvalue weighted by Crippen LogP contribution is -2.32. The van der Waals surface area contributed by atoms with Crippen LogP contribution in [0, 0.1) is 29.1 Å². The molecule has 3 nitrogen and oxygen atoms in total. The van der Waals surface area contributed by atoms with Gasteiger partial charge in [0.05, 0.1) is 18.3 Å². The Kier molecular flexibility index (Phi) is 5.38. The molecule has 2 aromatic carbocycles. The van der Waals surface area contributed by atoms with Gasteiger partial charge in [-0.1, -0.05) is 6.07 Å². The average molecular weight is 344 g/mol. The summed E-state index contributed by atoms with van der Waals surface area (Å²) >= 11 is 0. The number of hydrogen-bond donors (Lipinski definition) is 2. The fourth-order valence-corrected chi connectivity index (χ4v) is 2.06. The molecular weight excluding hydrogens is 331 g/mol. The van der Waals surface area contributed by atoms with Crippen LogP contribution >= 0.6 is 0 Å². The van der Waals surface area contributed by atoms with Crippen LogP contribution in [0.5, 0.6) is 0 Å². The molecule has 2 N–H and O–H groups in total. The van der Waals surface area contributed by atoms with Crippen LogP contribution in [-0.2, 0) is 4.79 Å². The van der Waals surface area contributed by atoms with Crippen LogP contribution in [0.4, 0.5) is 27.6 Å². The van der Waals surface area contributed by atoms with Crippen LogP contribution in [0.3, 0.4) is 0 Å². The summed E-state index contributed by atoms with van der Waals surface area (Å²) in [5.41, 5.74) is -0.312. The Morgan fingerprint density at radius 3 is 2.38 bits per heavy atom. The zero-order chi connectivity index (χ0) is 17.9. The number of rotatable bonds is 5. The third kappa shape index (κ3) is 4.01. The number of nitrogens with one attached hydrogen (secondary N) is 2. The van der Waals surface area contributed by atoms with E-state index in [9.17, 15) is 26.7 Å². The normalized spacial score (nSPS) is 11.9. The maximum atomic E-state index is 13.6. The van der Waals surface area contributed by atoms with Crippen molar-refractivity contribution >= 4 is 11.6 Å². The SMILES string of the molecule is C[C@H](NC(=O)CNc1ccc(F)c(F)c1F)c1ccc(F)cc1F. The van der Waals surface area contributed by atoms with Crippen molar-refractivity contribution in [3.05, 3.63) is 65.0 Å². The van der Waals surface area contributed by atoms with Crippen LogP contribution in [0.25, 0.3) is 0 Å². The molecule has 128 valence electrons. The first-order valence-corrected chi connectivity index (χ1v) is 6.91. The van der Waals surface area contributed by atoms with Gasteiger partial charge in [-0.3, -0.25) is 4.79 Å². The molecule has 0 aliphatic carbocycles. The number of amides is 1. The molecule has 1 amide bonds. The minimum atomic E-state index is -1.65. The summed E-state index contributed by atoms with van der Waals surface area (Å²) in [4.78, 5) is 11.8. The number of halogens is 5. The topological polar surface area (TPSA) is 41.1 Å². The van der Waals surface area contributed by atoms with E-state index in [0.29, 0.717) is 6.07 Å². The number of carbonyl (C=O) groups is 1. The minimum absolute atomic E-state index is 0.0729. The summed E-state index contributed by atoms with van der Waals surface area (Å²) in [6.07, 6.45) is 0. The monoisotopic (exact) mass is 344 g/mol. The van der Waals surface area contributed by atoms with Crippen molar-refractivity contribution in [3.8, 4) is 0 Å². The van der Waals surface area contributed by atoms with E-state index >= 15 is 0 Å². The van der Waals surface area contributed by atoms with E-state index in [2.05, 4.69) is 10.6 Å². The van der Waals surface area contributed by atoms with Crippen molar-refractivity contribution in [2.45, 2.75) is 13.0 Å². The van der Waals surface area contributed by atoms with Crippen molar-refractivity contribution in [1.29, 1.82) is 0 Å². The Morgan fingerprint density at radius 1 is 1.00 bits per heavy atom. The fraction of sp³-hybridized carbons (Fsp3) is 0.188. The summed E-state index contributed by atoms with van der Waals surface area (Å²) in [5, 5.41) is 4.73. The highest BCUT2D eigenvalue weighted by Crippen LogP contribution is 2.20. The predicted molar refractivity (Wildman–Crippen MR) is 77.7 cm³/mol. The highest BCUT2D eigenvalue weighted by molar-refractivity contribution is 5.81. The van der Waals surface area contributed by atoms with Gasteiger partial charge in [0.2, 0.25) is 5.91 Å². The molecule has 2 aromatic rings. The molecule has 0 saturated carbocycles. The van der Waals surface area contributed by atoms with Gasteiger partial charge < -0.3 is 10.6 Å². The zero-order valence-corrected chi connectivity index (χ0v) is 12.5. The number of anilines is 1. The number of carbonyl (C=O) groups excluding carboxylic acids is 1. The Balaban J connectivity index is 1.97. The van der Waals surface area contributed by atoms with Crippen molar-refractivity contribution in [3.63, 3.8) is 0 Å². The molecule has 0 heterocycles. The maximum Gasteiger partial charge on any atom is 0.239 e. The van der Waals surface area contributed by atoms with Crippen molar-refractivity contribution in [2.75, 3.05) is 11.9 Å². The van der Waals surface area contributed by atoms with Gasteiger partial charge in [-0.2, -0.15) is 0 Å². The number of benzene rings is 2. The van der Waals surface area contributed by atoms with Gasteiger partial charge in [0, 0.05) is 11.6 Å². The Morgan fingerprint density at radius 2 is 1.71 bits per heavy atom. The second-order valence-electron chi connectivity index (χ2n) is 5.03. The van der Waals surface area contributed by atoms with Crippen LogP contribution in [0.2, 0.25) is 0 Å². The minimum Gasteiger partial charge on any atom is -0.374 e. The van der Waals surface area contributed by atoms with Crippen LogP contribution < -0.4 is 10.6 Å².